The third kappa shape index (κ3) is 2.85. The van der Waals surface area contributed by atoms with Crippen molar-refractivity contribution in [3.8, 4) is 34.4 Å². The number of H-pyrrole nitrogens is 1. The van der Waals surface area contributed by atoms with Crippen molar-refractivity contribution in [2.45, 2.75) is 0 Å². The Labute approximate surface area is 158 Å². The number of nitriles is 1. The van der Waals surface area contributed by atoms with E-state index in [4.69, 9.17) is 10.8 Å². The second kappa shape index (κ2) is 6.69. The minimum atomic E-state index is -1.13. The highest BCUT2D eigenvalue weighted by Crippen LogP contribution is 2.32. The van der Waals surface area contributed by atoms with E-state index >= 15 is 0 Å². The molecule has 0 spiro atoms. The summed E-state index contributed by atoms with van der Waals surface area (Å²) in [4.78, 5) is 19.3. The molecule has 0 aliphatic heterocycles. The Morgan fingerprint density at radius 3 is 2.68 bits per heavy atom. The Hall–Kier alpha value is -4.45. The number of carboxylic acid groups (broad SMARTS) is 1. The third-order valence-electron chi connectivity index (χ3n) is 4.20. The monoisotopic (exact) mass is 371 g/mol. The van der Waals surface area contributed by atoms with Gasteiger partial charge in [-0.15, -0.1) is 0 Å². The minimum Gasteiger partial charge on any atom is -0.477 e. The predicted octanol–water partition coefficient (Wildman–Crippen LogP) is 2.48. The summed E-state index contributed by atoms with van der Waals surface area (Å²) >= 11 is 0. The van der Waals surface area contributed by atoms with Gasteiger partial charge in [0.1, 0.15) is 28.8 Å². The van der Waals surface area contributed by atoms with Crippen LogP contribution in [0.2, 0.25) is 0 Å². The van der Waals surface area contributed by atoms with Crippen molar-refractivity contribution in [1.82, 2.24) is 24.7 Å². The summed E-state index contributed by atoms with van der Waals surface area (Å²) in [6.07, 6.45) is 5.21. The van der Waals surface area contributed by atoms with Crippen LogP contribution >= 0.6 is 0 Å². The number of nitrogens with one attached hydrogen (secondary N) is 1. The molecular formula is C19H13N7O2. The lowest BCUT2D eigenvalue weighted by Gasteiger charge is -2.12. The third-order valence-corrected chi connectivity index (χ3v) is 4.20. The van der Waals surface area contributed by atoms with E-state index in [1.54, 1.807) is 18.5 Å². The maximum absolute atomic E-state index is 11.1. The Kier molecular flexibility index (Phi) is 4.06. The van der Waals surface area contributed by atoms with Gasteiger partial charge in [0.25, 0.3) is 0 Å². The van der Waals surface area contributed by atoms with E-state index in [0.29, 0.717) is 17.0 Å². The molecule has 9 nitrogen and oxygen atoms in total. The number of carbonyl (C=O) groups is 1. The van der Waals surface area contributed by atoms with Crippen molar-refractivity contribution in [3.63, 3.8) is 0 Å². The summed E-state index contributed by atoms with van der Waals surface area (Å²) in [6, 6.07) is 12.5. The van der Waals surface area contributed by atoms with Crippen LogP contribution in [0.25, 0.3) is 28.3 Å². The van der Waals surface area contributed by atoms with Crippen molar-refractivity contribution in [1.29, 1.82) is 5.26 Å². The number of nitrogens with two attached hydrogens (primary N) is 1. The maximum Gasteiger partial charge on any atom is 0.353 e. The molecule has 28 heavy (non-hydrogen) atoms. The fourth-order valence-corrected chi connectivity index (χ4v) is 2.91. The normalized spacial score (nSPS) is 10.5. The predicted molar refractivity (Wildman–Crippen MR) is 100 cm³/mol. The average Bonchev–Trinajstić information content (AvgIpc) is 3.38. The van der Waals surface area contributed by atoms with Crippen LogP contribution in [0.3, 0.4) is 0 Å². The van der Waals surface area contributed by atoms with Gasteiger partial charge in [-0.1, -0.05) is 0 Å². The molecule has 4 N–H and O–H groups in total. The SMILES string of the molecule is N#Cc1c(-c2cccn2-c2ccncc2)cc(-c2cc(C(=O)O)[nH]n2)nc1N. The van der Waals surface area contributed by atoms with E-state index in [-0.39, 0.29) is 17.1 Å². The van der Waals surface area contributed by atoms with Gasteiger partial charge in [0.2, 0.25) is 0 Å². The number of rotatable bonds is 4. The molecule has 4 aromatic heterocycles. The Morgan fingerprint density at radius 2 is 2.00 bits per heavy atom. The number of aromatic nitrogens is 5. The van der Waals surface area contributed by atoms with Crippen LogP contribution in [-0.2, 0) is 0 Å². The van der Waals surface area contributed by atoms with Crippen LogP contribution in [0.5, 0.6) is 0 Å². The minimum absolute atomic E-state index is 0.0392. The second-order valence-electron chi connectivity index (χ2n) is 5.87. The van der Waals surface area contributed by atoms with Crippen molar-refractivity contribution in [3.05, 3.63) is 66.2 Å². The van der Waals surface area contributed by atoms with Crippen LogP contribution in [0, 0.1) is 11.3 Å². The lowest BCUT2D eigenvalue weighted by Crippen LogP contribution is -2.02. The summed E-state index contributed by atoms with van der Waals surface area (Å²) in [5.74, 6) is -1.09. The van der Waals surface area contributed by atoms with Crippen LogP contribution < -0.4 is 5.73 Å². The van der Waals surface area contributed by atoms with Gasteiger partial charge in [-0.05, 0) is 30.3 Å². The standard InChI is InChI=1S/C19H13N7O2/c20-10-13-12(17-2-1-7-26(17)11-3-5-22-6-4-11)8-14(23-18(13)21)15-9-16(19(27)28)25-24-15/h1-9H,(H2,21,23)(H,24,25)(H,27,28). The number of hydrogen-bond donors (Lipinski definition) is 3. The summed E-state index contributed by atoms with van der Waals surface area (Å²) in [7, 11) is 0. The zero-order chi connectivity index (χ0) is 19.7. The lowest BCUT2D eigenvalue weighted by atomic mass is 10.0. The molecule has 0 aromatic carbocycles. The van der Waals surface area contributed by atoms with E-state index in [1.165, 1.54) is 6.07 Å². The highest BCUT2D eigenvalue weighted by Gasteiger charge is 2.18. The van der Waals surface area contributed by atoms with Crippen LogP contribution in [0.4, 0.5) is 5.82 Å². The van der Waals surface area contributed by atoms with Gasteiger partial charge in [0.05, 0.1) is 11.4 Å². The number of anilines is 1. The number of aromatic amines is 1. The first-order valence-corrected chi connectivity index (χ1v) is 8.16. The van der Waals surface area contributed by atoms with E-state index in [0.717, 1.165) is 11.4 Å². The van der Waals surface area contributed by atoms with Crippen molar-refractivity contribution in [2.75, 3.05) is 5.73 Å². The molecule has 0 bridgehead atoms. The molecule has 0 fully saturated rings. The van der Waals surface area contributed by atoms with Crippen LogP contribution in [-0.4, -0.2) is 35.8 Å². The summed E-state index contributed by atoms with van der Waals surface area (Å²) < 4.78 is 1.90. The lowest BCUT2D eigenvalue weighted by molar-refractivity contribution is 0.0690. The van der Waals surface area contributed by atoms with Gasteiger partial charge < -0.3 is 15.4 Å². The summed E-state index contributed by atoms with van der Waals surface area (Å²) in [5, 5.41) is 25.1. The molecule has 0 atom stereocenters. The smallest absolute Gasteiger partial charge is 0.353 e. The second-order valence-corrected chi connectivity index (χ2v) is 5.87. The van der Waals surface area contributed by atoms with Gasteiger partial charge in [-0.3, -0.25) is 10.1 Å². The number of nitrogens with zero attached hydrogens (tertiary/aromatic N) is 5. The number of nitrogen functional groups attached to an aromatic ring is 1. The molecule has 136 valence electrons. The topological polar surface area (TPSA) is 146 Å². The molecule has 4 rings (SSSR count). The highest BCUT2D eigenvalue weighted by molar-refractivity contribution is 5.87. The average molecular weight is 371 g/mol. The summed E-state index contributed by atoms with van der Waals surface area (Å²) in [5.41, 5.74) is 9.02. The molecule has 4 heterocycles. The Bertz CT molecular complexity index is 1220. The molecule has 0 unspecified atom stereocenters. The van der Waals surface area contributed by atoms with Crippen LogP contribution in [0.1, 0.15) is 16.1 Å². The number of hydrogen-bond acceptors (Lipinski definition) is 6. The largest absolute Gasteiger partial charge is 0.477 e. The van der Waals surface area contributed by atoms with Gasteiger partial charge in [-0.2, -0.15) is 10.4 Å². The van der Waals surface area contributed by atoms with Gasteiger partial charge in [0.15, 0.2) is 0 Å². The van der Waals surface area contributed by atoms with Crippen molar-refractivity contribution < 1.29 is 9.90 Å². The van der Waals surface area contributed by atoms with Crippen molar-refractivity contribution in [2.24, 2.45) is 0 Å². The molecule has 0 saturated heterocycles. The molecular weight excluding hydrogens is 358 g/mol. The molecule has 4 aromatic rings. The Morgan fingerprint density at radius 1 is 1.21 bits per heavy atom. The molecule has 0 saturated carbocycles. The van der Waals surface area contributed by atoms with Crippen molar-refractivity contribution >= 4 is 11.8 Å². The fourth-order valence-electron chi connectivity index (χ4n) is 2.91. The molecule has 0 aliphatic carbocycles. The Balaban J connectivity index is 1.90. The highest BCUT2D eigenvalue weighted by atomic mass is 16.4. The van der Waals surface area contributed by atoms with E-state index in [9.17, 15) is 10.1 Å². The zero-order valence-electron chi connectivity index (χ0n) is 14.4. The van der Waals surface area contributed by atoms with E-state index in [2.05, 4.69) is 26.2 Å². The first-order valence-electron chi connectivity index (χ1n) is 8.16. The zero-order valence-corrected chi connectivity index (χ0v) is 14.4. The number of aromatic carboxylic acids is 1. The number of pyridine rings is 2. The van der Waals surface area contributed by atoms with E-state index < -0.39 is 5.97 Å². The molecule has 9 heteroatoms. The van der Waals surface area contributed by atoms with Gasteiger partial charge >= 0.3 is 5.97 Å². The van der Waals surface area contributed by atoms with Gasteiger partial charge in [0, 0.05) is 35.9 Å². The van der Waals surface area contributed by atoms with Gasteiger partial charge in [-0.25, -0.2) is 9.78 Å². The first-order chi connectivity index (χ1) is 13.6. The number of carboxylic acids is 1. The van der Waals surface area contributed by atoms with Crippen LogP contribution in [0.15, 0.2) is 55.0 Å². The fraction of sp³-hybridized carbons (Fsp3) is 0. The molecule has 0 amide bonds. The first kappa shape index (κ1) is 17.0. The summed E-state index contributed by atoms with van der Waals surface area (Å²) in [6.45, 7) is 0. The molecule has 0 radical (unpaired) electrons. The molecule has 0 aliphatic rings. The maximum atomic E-state index is 11.1. The van der Waals surface area contributed by atoms with E-state index in [1.807, 2.05) is 35.0 Å². The quantitative estimate of drug-likeness (QED) is 0.499.